The number of hydrogen-bond donors (Lipinski definition) is 2. The first kappa shape index (κ1) is 14.6. The number of hydrogen-bond acceptors (Lipinski definition) is 4. The predicted molar refractivity (Wildman–Crippen MR) is 71.0 cm³/mol. The second-order valence-corrected chi connectivity index (χ2v) is 5.23. The highest BCUT2D eigenvalue weighted by atomic mass is 16.5. The molecule has 1 amide bonds. The molecule has 0 atom stereocenters. The maximum Gasteiger partial charge on any atom is 0.339 e. The Balaban J connectivity index is 2.15. The van der Waals surface area contributed by atoms with Crippen molar-refractivity contribution in [1.29, 1.82) is 0 Å². The lowest BCUT2D eigenvalue weighted by Gasteiger charge is -2.34. The van der Waals surface area contributed by atoms with Gasteiger partial charge < -0.3 is 19.6 Å². The Labute approximate surface area is 117 Å². The van der Waals surface area contributed by atoms with E-state index in [4.69, 9.17) is 14.3 Å². The number of ether oxygens (including phenoxy) is 1. The fourth-order valence-electron chi connectivity index (χ4n) is 2.27. The summed E-state index contributed by atoms with van der Waals surface area (Å²) in [7, 11) is 0. The van der Waals surface area contributed by atoms with E-state index < -0.39 is 5.97 Å². The first-order valence-electron chi connectivity index (χ1n) is 6.71. The molecule has 1 aliphatic rings. The highest BCUT2D eigenvalue weighted by Gasteiger charge is 2.31. The number of rotatable bonds is 4. The number of carboxylic acids is 1. The minimum absolute atomic E-state index is 0.0481. The third-order valence-electron chi connectivity index (χ3n) is 3.60. The molecule has 20 heavy (non-hydrogen) atoms. The standard InChI is InChI=1S/C14H19NO5/c1-3-10-9(13(17)18)8-11(20-10)12(16)15-14(2)4-6-19-7-5-14/h8H,3-7H2,1-2H3,(H,15,16)(H,17,18). The number of furan rings is 1. The van der Waals surface area contributed by atoms with E-state index in [0.717, 1.165) is 12.8 Å². The van der Waals surface area contributed by atoms with Crippen LogP contribution in [0.3, 0.4) is 0 Å². The molecule has 1 aromatic rings. The molecular formula is C14H19NO5. The quantitative estimate of drug-likeness (QED) is 0.879. The van der Waals surface area contributed by atoms with Gasteiger partial charge in [-0.2, -0.15) is 0 Å². The van der Waals surface area contributed by atoms with Crippen molar-refractivity contribution in [3.05, 3.63) is 23.2 Å². The monoisotopic (exact) mass is 281 g/mol. The lowest BCUT2D eigenvalue weighted by Crippen LogP contribution is -2.49. The van der Waals surface area contributed by atoms with Crippen LogP contribution in [0.5, 0.6) is 0 Å². The number of nitrogens with one attached hydrogen (secondary N) is 1. The van der Waals surface area contributed by atoms with Gasteiger partial charge in [0, 0.05) is 31.2 Å². The molecule has 0 radical (unpaired) electrons. The van der Waals surface area contributed by atoms with Gasteiger partial charge in [0.25, 0.3) is 5.91 Å². The fourth-order valence-corrected chi connectivity index (χ4v) is 2.27. The van der Waals surface area contributed by atoms with Crippen LogP contribution < -0.4 is 5.32 Å². The Hall–Kier alpha value is -1.82. The molecule has 2 heterocycles. The van der Waals surface area contributed by atoms with Gasteiger partial charge in [-0.3, -0.25) is 4.79 Å². The zero-order valence-electron chi connectivity index (χ0n) is 11.7. The summed E-state index contributed by atoms with van der Waals surface area (Å²) in [6.07, 6.45) is 1.89. The van der Waals surface area contributed by atoms with E-state index in [2.05, 4.69) is 5.32 Å². The number of aromatic carboxylic acids is 1. The summed E-state index contributed by atoms with van der Waals surface area (Å²) < 4.78 is 10.6. The van der Waals surface area contributed by atoms with Crippen LogP contribution in [0.1, 0.15) is 53.4 Å². The molecule has 0 aromatic carbocycles. The average molecular weight is 281 g/mol. The highest BCUT2D eigenvalue weighted by molar-refractivity contribution is 5.96. The first-order valence-corrected chi connectivity index (χ1v) is 6.71. The van der Waals surface area contributed by atoms with Crippen molar-refractivity contribution in [1.82, 2.24) is 5.32 Å². The van der Waals surface area contributed by atoms with E-state index in [0.29, 0.717) is 25.4 Å². The van der Waals surface area contributed by atoms with Gasteiger partial charge in [-0.05, 0) is 19.8 Å². The summed E-state index contributed by atoms with van der Waals surface area (Å²) in [5.41, 5.74) is -0.285. The van der Waals surface area contributed by atoms with E-state index in [1.54, 1.807) is 6.92 Å². The molecule has 1 saturated heterocycles. The Bertz CT molecular complexity index is 514. The highest BCUT2D eigenvalue weighted by Crippen LogP contribution is 2.22. The Kier molecular flexibility index (Phi) is 4.13. The minimum Gasteiger partial charge on any atom is -0.478 e. The SMILES string of the molecule is CCc1oc(C(=O)NC2(C)CCOCC2)cc1C(=O)O. The van der Waals surface area contributed by atoms with E-state index in [9.17, 15) is 9.59 Å². The minimum atomic E-state index is -1.08. The summed E-state index contributed by atoms with van der Waals surface area (Å²) in [6, 6.07) is 1.29. The maximum absolute atomic E-state index is 12.2. The first-order chi connectivity index (χ1) is 9.45. The van der Waals surface area contributed by atoms with Gasteiger partial charge in [-0.15, -0.1) is 0 Å². The van der Waals surface area contributed by atoms with Crippen LogP contribution in [0.15, 0.2) is 10.5 Å². The van der Waals surface area contributed by atoms with Gasteiger partial charge in [0.2, 0.25) is 0 Å². The third kappa shape index (κ3) is 3.01. The summed E-state index contributed by atoms with van der Waals surface area (Å²) in [4.78, 5) is 23.2. The van der Waals surface area contributed by atoms with Gasteiger partial charge in [0.15, 0.2) is 5.76 Å². The summed E-state index contributed by atoms with van der Waals surface area (Å²) in [6.45, 7) is 4.95. The van der Waals surface area contributed by atoms with Crippen LogP contribution in [0.4, 0.5) is 0 Å². The number of carbonyl (C=O) groups is 2. The lowest BCUT2D eigenvalue weighted by molar-refractivity contribution is 0.0414. The lowest BCUT2D eigenvalue weighted by atomic mass is 9.92. The number of amides is 1. The largest absolute Gasteiger partial charge is 0.478 e. The maximum atomic E-state index is 12.2. The number of carbonyl (C=O) groups excluding carboxylic acids is 1. The second kappa shape index (κ2) is 5.66. The Morgan fingerprint density at radius 3 is 2.55 bits per heavy atom. The van der Waals surface area contributed by atoms with Crippen LogP contribution in [0.2, 0.25) is 0 Å². The molecule has 0 bridgehead atoms. The van der Waals surface area contributed by atoms with E-state index in [1.165, 1.54) is 6.07 Å². The van der Waals surface area contributed by atoms with Crippen molar-refractivity contribution >= 4 is 11.9 Å². The van der Waals surface area contributed by atoms with Crippen molar-refractivity contribution in [3.63, 3.8) is 0 Å². The second-order valence-electron chi connectivity index (χ2n) is 5.23. The summed E-state index contributed by atoms with van der Waals surface area (Å²) in [5, 5.41) is 12.0. The average Bonchev–Trinajstić information content (AvgIpc) is 2.83. The summed E-state index contributed by atoms with van der Waals surface area (Å²) in [5.74, 6) is -1.09. The molecule has 2 N–H and O–H groups in total. The molecule has 0 saturated carbocycles. The third-order valence-corrected chi connectivity index (χ3v) is 3.60. The zero-order chi connectivity index (χ0) is 14.8. The van der Waals surface area contributed by atoms with Crippen molar-refractivity contribution in [2.45, 2.75) is 38.6 Å². The smallest absolute Gasteiger partial charge is 0.339 e. The summed E-state index contributed by atoms with van der Waals surface area (Å²) >= 11 is 0. The molecule has 1 fully saturated rings. The molecule has 6 nitrogen and oxygen atoms in total. The van der Waals surface area contributed by atoms with Crippen LogP contribution in [0.25, 0.3) is 0 Å². The van der Waals surface area contributed by atoms with Crippen molar-refractivity contribution in [2.75, 3.05) is 13.2 Å². The molecule has 6 heteroatoms. The number of carboxylic acid groups (broad SMARTS) is 1. The normalized spacial score (nSPS) is 17.7. The zero-order valence-corrected chi connectivity index (χ0v) is 11.7. The molecule has 110 valence electrons. The van der Waals surface area contributed by atoms with Gasteiger partial charge in [-0.1, -0.05) is 6.92 Å². The topological polar surface area (TPSA) is 88.8 Å². The van der Waals surface area contributed by atoms with Crippen LogP contribution in [-0.2, 0) is 11.2 Å². The Morgan fingerprint density at radius 2 is 2.05 bits per heavy atom. The van der Waals surface area contributed by atoms with Crippen LogP contribution in [0, 0.1) is 0 Å². The molecule has 1 aliphatic heterocycles. The van der Waals surface area contributed by atoms with Crippen molar-refractivity contribution in [2.24, 2.45) is 0 Å². The van der Waals surface area contributed by atoms with E-state index >= 15 is 0 Å². The molecule has 0 unspecified atom stereocenters. The van der Waals surface area contributed by atoms with Gasteiger partial charge in [-0.25, -0.2) is 4.79 Å². The molecule has 0 spiro atoms. The Morgan fingerprint density at radius 1 is 1.40 bits per heavy atom. The van der Waals surface area contributed by atoms with Crippen molar-refractivity contribution < 1.29 is 23.8 Å². The van der Waals surface area contributed by atoms with Gasteiger partial charge in [0.1, 0.15) is 11.3 Å². The van der Waals surface area contributed by atoms with E-state index in [1.807, 2.05) is 6.92 Å². The molecular weight excluding hydrogens is 262 g/mol. The molecule has 0 aliphatic carbocycles. The van der Waals surface area contributed by atoms with Gasteiger partial charge >= 0.3 is 5.97 Å². The van der Waals surface area contributed by atoms with E-state index in [-0.39, 0.29) is 22.8 Å². The molecule has 1 aromatic heterocycles. The van der Waals surface area contributed by atoms with Crippen LogP contribution >= 0.6 is 0 Å². The van der Waals surface area contributed by atoms with Gasteiger partial charge in [0.05, 0.1) is 0 Å². The van der Waals surface area contributed by atoms with Crippen molar-refractivity contribution in [3.8, 4) is 0 Å². The fraction of sp³-hybridized carbons (Fsp3) is 0.571. The molecule has 2 rings (SSSR count). The predicted octanol–water partition coefficient (Wildman–Crippen LogP) is 1.84. The van der Waals surface area contributed by atoms with Crippen LogP contribution in [-0.4, -0.2) is 35.7 Å². The number of aryl methyl sites for hydroxylation is 1.